The predicted octanol–water partition coefficient (Wildman–Crippen LogP) is 2.13. The van der Waals surface area contributed by atoms with Gasteiger partial charge in [-0.25, -0.2) is 4.79 Å². The zero-order chi connectivity index (χ0) is 10.1. The Morgan fingerprint density at radius 3 is 2.08 bits per heavy atom. The molecule has 0 radical (unpaired) electrons. The van der Waals surface area contributed by atoms with E-state index in [1.54, 1.807) is 5.32 Å². The fourth-order valence-electron chi connectivity index (χ4n) is 1.66. The Labute approximate surface area is 72.9 Å². The molecule has 6 heteroatoms. The van der Waals surface area contributed by atoms with Crippen molar-refractivity contribution in [3.63, 3.8) is 0 Å². The van der Waals surface area contributed by atoms with E-state index < -0.39 is 17.8 Å². The zero-order valence-electron chi connectivity index (χ0n) is 6.82. The minimum absolute atomic E-state index is 0.150. The molecule has 0 saturated heterocycles. The van der Waals surface area contributed by atoms with Gasteiger partial charge in [-0.15, -0.1) is 0 Å². The van der Waals surface area contributed by atoms with E-state index in [0.29, 0.717) is 12.8 Å². The standard InChI is InChI=1S/C7H10F3NO2/c8-7(9,10)6(11-5(12)13)3-1-2-4-6/h11H,1-4H2,(H,12,13). The van der Waals surface area contributed by atoms with Crippen LogP contribution in [0.4, 0.5) is 18.0 Å². The first-order valence-electron chi connectivity index (χ1n) is 3.95. The minimum Gasteiger partial charge on any atom is -0.465 e. The second-order valence-electron chi connectivity index (χ2n) is 3.22. The maximum Gasteiger partial charge on any atom is 0.411 e. The summed E-state index contributed by atoms with van der Waals surface area (Å²) in [6.07, 6.45) is -5.56. The van der Waals surface area contributed by atoms with Crippen LogP contribution >= 0.6 is 0 Å². The minimum atomic E-state index is -4.48. The fourth-order valence-corrected chi connectivity index (χ4v) is 1.66. The lowest BCUT2D eigenvalue weighted by Crippen LogP contribution is -2.56. The number of alkyl halides is 3. The van der Waals surface area contributed by atoms with Crippen LogP contribution in [0, 0.1) is 0 Å². The number of hydrogen-bond acceptors (Lipinski definition) is 1. The van der Waals surface area contributed by atoms with Gasteiger partial charge in [0.25, 0.3) is 0 Å². The number of hydrogen-bond donors (Lipinski definition) is 2. The molecule has 1 fully saturated rings. The molecule has 1 amide bonds. The third-order valence-electron chi connectivity index (χ3n) is 2.35. The molecule has 0 aromatic carbocycles. The lowest BCUT2D eigenvalue weighted by atomic mass is 9.97. The highest BCUT2D eigenvalue weighted by molar-refractivity contribution is 5.66. The van der Waals surface area contributed by atoms with Gasteiger partial charge in [0.1, 0.15) is 5.54 Å². The van der Waals surface area contributed by atoms with Crippen LogP contribution in [-0.2, 0) is 0 Å². The van der Waals surface area contributed by atoms with Crippen LogP contribution in [0.25, 0.3) is 0 Å². The highest BCUT2D eigenvalue weighted by atomic mass is 19.4. The van der Waals surface area contributed by atoms with Crippen LogP contribution < -0.4 is 5.32 Å². The first-order chi connectivity index (χ1) is 5.87. The molecule has 0 aliphatic heterocycles. The summed E-state index contributed by atoms with van der Waals surface area (Å²) < 4.78 is 37.4. The first-order valence-corrected chi connectivity index (χ1v) is 3.95. The van der Waals surface area contributed by atoms with Gasteiger partial charge in [-0.1, -0.05) is 12.8 Å². The molecule has 0 aromatic heterocycles. The summed E-state index contributed by atoms with van der Waals surface area (Å²) in [5.41, 5.74) is -2.20. The maximum absolute atomic E-state index is 12.5. The molecule has 1 aliphatic carbocycles. The molecule has 0 bridgehead atoms. The van der Waals surface area contributed by atoms with Crippen molar-refractivity contribution in [2.24, 2.45) is 0 Å². The number of carboxylic acid groups (broad SMARTS) is 1. The van der Waals surface area contributed by atoms with E-state index in [1.807, 2.05) is 0 Å². The summed E-state index contributed by atoms with van der Waals surface area (Å²) in [6.45, 7) is 0. The van der Waals surface area contributed by atoms with E-state index in [-0.39, 0.29) is 12.8 Å². The molecule has 1 aliphatic rings. The summed E-state index contributed by atoms with van der Waals surface area (Å²) >= 11 is 0. The highest BCUT2D eigenvalue weighted by Gasteiger charge is 2.56. The Morgan fingerprint density at radius 2 is 1.77 bits per heavy atom. The molecule has 0 atom stereocenters. The molecular weight excluding hydrogens is 187 g/mol. The Balaban J connectivity index is 2.81. The third-order valence-corrected chi connectivity index (χ3v) is 2.35. The van der Waals surface area contributed by atoms with Crippen LogP contribution in [0.5, 0.6) is 0 Å². The highest BCUT2D eigenvalue weighted by Crippen LogP contribution is 2.42. The van der Waals surface area contributed by atoms with Gasteiger partial charge in [0.05, 0.1) is 0 Å². The van der Waals surface area contributed by atoms with Gasteiger partial charge >= 0.3 is 12.3 Å². The molecule has 1 rings (SSSR count). The van der Waals surface area contributed by atoms with Crippen molar-refractivity contribution in [2.75, 3.05) is 0 Å². The first kappa shape index (κ1) is 10.1. The molecule has 0 heterocycles. The molecule has 0 unspecified atom stereocenters. The van der Waals surface area contributed by atoms with E-state index in [2.05, 4.69) is 0 Å². The van der Waals surface area contributed by atoms with Crippen molar-refractivity contribution in [3.8, 4) is 0 Å². The number of nitrogens with one attached hydrogen (secondary N) is 1. The Morgan fingerprint density at radius 1 is 1.31 bits per heavy atom. The van der Waals surface area contributed by atoms with E-state index in [1.165, 1.54) is 0 Å². The Hall–Kier alpha value is -0.940. The Bertz CT molecular complexity index is 208. The third kappa shape index (κ3) is 1.87. The SMILES string of the molecule is O=C(O)NC1(C(F)(F)F)CCCC1. The molecule has 2 N–H and O–H groups in total. The topological polar surface area (TPSA) is 49.3 Å². The number of amides is 1. The smallest absolute Gasteiger partial charge is 0.411 e. The fraction of sp³-hybridized carbons (Fsp3) is 0.857. The normalized spacial score (nSPS) is 21.5. The lowest BCUT2D eigenvalue weighted by molar-refractivity contribution is -0.192. The molecule has 3 nitrogen and oxygen atoms in total. The van der Waals surface area contributed by atoms with Crippen LogP contribution in [0.15, 0.2) is 0 Å². The van der Waals surface area contributed by atoms with Crippen molar-refractivity contribution >= 4 is 6.09 Å². The average molecular weight is 197 g/mol. The summed E-state index contributed by atoms with van der Waals surface area (Å²) in [5, 5.41) is 9.88. The van der Waals surface area contributed by atoms with E-state index >= 15 is 0 Å². The van der Waals surface area contributed by atoms with Gasteiger partial charge in [0.2, 0.25) is 0 Å². The Kier molecular flexibility index (Phi) is 2.40. The molecule has 0 spiro atoms. The van der Waals surface area contributed by atoms with Crippen LogP contribution in [-0.4, -0.2) is 22.9 Å². The van der Waals surface area contributed by atoms with E-state index in [4.69, 9.17) is 5.11 Å². The van der Waals surface area contributed by atoms with Crippen molar-refractivity contribution in [1.82, 2.24) is 5.32 Å². The molecule has 1 saturated carbocycles. The molecule has 13 heavy (non-hydrogen) atoms. The van der Waals surface area contributed by atoms with Gasteiger partial charge in [0, 0.05) is 0 Å². The zero-order valence-corrected chi connectivity index (χ0v) is 6.82. The number of carbonyl (C=O) groups is 1. The van der Waals surface area contributed by atoms with Gasteiger partial charge in [-0.3, -0.25) is 0 Å². The molecule has 0 aromatic rings. The van der Waals surface area contributed by atoms with Gasteiger partial charge < -0.3 is 10.4 Å². The van der Waals surface area contributed by atoms with E-state index in [9.17, 15) is 18.0 Å². The summed E-state index contributed by atoms with van der Waals surface area (Å²) in [4.78, 5) is 10.2. The van der Waals surface area contributed by atoms with Crippen molar-refractivity contribution in [3.05, 3.63) is 0 Å². The van der Waals surface area contributed by atoms with Crippen LogP contribution in [0.2, 0.25) is 0 Å². The van der Waals surface area contributed by atoms with Crippen molar-refractivity contribution in [2.45, 2.75) is 37.4 Å². The quantitative estimate of drug-likeness (QED) is 0.676. The van der Waals surface area contributed by atoms with Crippen LogP contribution in [0.1, 0.15) is 25.7 Å². The number of rotatable bonds is 1. The predicted molar refractivity (Wildman–Crippen MR) is 38.4 cm³/mol. The second kappa shape index (κ2) is 3.08. The summed E-state index contributed by atoms with van der Waals surface area (Å²) in [5.74, 6) is 0. The number of halogens is 3. The van der Waals surface area contributed by atoms with Gasteiger partial charge in [0.15, 0.2) is 0 Å². The summed E-state index contributed by atoms with van der Waals surface area (Å²) in [6, 6.07) is 0. The monoisotopic (exact) mass is 197 g/mol. The molecular formula is C7H10F3NO2. The average Bonchev–Trinajstić information content (AvgIpc) is 2.33. The van der Waals surface area contributed by atoms with Gasteiger partial charge in [-0.05, 0) is 12.8 Å². The largest absolute Gasteiger partial charge is 0.465 e. The van der Waals surface area contributed by atoms with Crippen LogP contribution in [0.3, 0.4) is 0 Å². The molecule has 76 valence electrons. The maximum atomic E-state index is 12.5. The second-order valence-corrected chi connectivity index (χ2v) is 3.22. The van der Waals surface area contributed by atoms with Gasteiger partial charge in [-0.2, -0.15) is 13.2 Å². The van der Waals surface area contributed by atoms with Crippen molar-refractivity contribution in [1.29, 1.82) is 0 Å². The lowest BCUT2D eigenvalue weighted by Gasteiger charge is -2.31. The van der Waals surface area contributed by atoms with Crippen molar-refractivity contribution < 1.29 is 23.1 Å². The van der Waals surface area contributed by atoms with E-state index in [0.717, 1.165) is 0 Å². The summed E-state index contributed by atoms with van der Waals surface area (Å²) in [7, 11) is 0.